The van der Waals surface area contributed by atoms with E-state index in [9.17, 15) is 14.9 Å². The van der Waals surface area contributed by atoms with Gasteiger partial charge in [-0.2, -0.15) is 0 Å². The second kappa shape index (κ2) is 5.41. The summed E-state index contributed by atoms with van der Waals surface area (Å²) in [6.07, 6.45) is 2.74. The Hall–Kier alpha value is -2.01. The lowest BCUT2D eigenvalue weighted by molar-refractivity contribution is -0.385. The maximum absolute atomic E-state index is 12.8. The molecule has 4 nitrogen and oxygen atoms in total. The first-order valence-electron chi connectivity index (χ1n) is 6.93. The van der Waals surface area contributed by atoms with Gasteiger partial charge in [-0.25, -0.2) is 0 Å². The Morgan fingerprint density at radius 2 is 2.19 bits per heavy atom. The topological polar surface area (TPSA) is 60.2 Å². The van der Waals surface area contributed by atoms with Gasteiger partial charge < -0.3 is 0 Å². The lowest BCUT2D eigenvalue weighted by atomic mass is 9.82. The van der Waals surface area contributed by atoms with Crippen LogP contribution in [0.15, 0.2) is 29.6 Å². The van der Waals surface area contributed by atoms with Crippen molar-refractivity contribution in [1.82, 2.24) is 0 Å². The molecule has 1 aliphatic carbocycles. The van der Waals surface area contributed by atoms with E-state index in [2.05, 4.69) is 0 Å². The third-order valence-electron chi connectivity index (χ3n) is 3.98. The molecule has 5 heteroatoms. The zero-order chi connectivity index (χ0) is 15.0. The van der Waals surface area contributed by atoms with Crippen molar-refractivity contribution >= 4 is 22.8 Å². The number of nitro groups is 1. The van der Waals surface area contributed by atoms with Crippen molar-refractivity contribution in [2.24, 2.45) is 0 Å². The highest BCUT2D eigenvalue weighted by Gasteiger charge is 2.31. The Morgan fingerprint density at radius 1 is 1.38 bits per heavy atom. The van der Waals surface area contributed by atoms with E-state index in [1.54, 1.807) is 23.5 Å². The molecule has 0 bridgehead atoms. The van der Waals surface area contributed by atoms with Crippen molar-refractivity contribution in [2.45, 2.75) is 32.1 Å². The second-order valence-electron chi connectivity index (χ2n) is 5.39. The van der Waals surface area contributed by atoms with Crippen molar-refractivity contribution in [3.63, 3.8) is 0 Å². The molecule has 2 aromatic rings. The second-order valence-corrected chi connectivity index (χ2v) is 6.39. The molecule has 1 atom stereocenters. The molecule has 1 aromatic heterocycles. The molecule has 1 aliphatic rings. The summed E-state index contributed by atoms with van der Waals surface area (Å²) in [5.41, 5.74) is 2.08. The summed E-state index contributed by atoms with van der Waals surface area (Å²) >= 11 is 1.67. The fourth-order valence-electron chi connectivity index (χ4n) is 2.95. The van der Waals surface area contributed by atoms with Gasteiger partial charge in [0, 0.05) is 16.9 Å². The highest BCUT2D eigenvalue weighted by Crippen LogP contribution is 2.38. The molecule has 108 valence electrons. The molecule has 1 unspecified atom stereocenters. The number of carbonyl (C=O) groups is 1. The molecule has 1 aromatic carbocycles. The van der Waals surface area contributed by atoms with Crippen LogP contribution in [0, 0.1) is 17.0 Å². The number of aryl methyl sites for hydroxylation is 2. The number of thiophene rings is 1. The number of nitro benzene ring substituents is 1. The van der Waals surface area contributed by atoms with E-state index in [1.165, 1.54) is 10.9 Å². The molecule has 21 heavy (non-hydrogen) atoms. The Labute approximate surface area is 126 Å². The monoisotopic (exact) mass is 301 g/mol. The van der Waals surface area contributed by atoms with Gasteiger partial charge in [0.2, 0.25) is 0 Å². The van der Waals surface area contributed by atoms with E-state index in [1.807, 2.05) is 18.4 Å². The number of hydrogen-bond acceptors (Lipinski definition) is 4. The normalized spacial score (nSPS) is 17.3. The van der Waals surface area contributed by atoms with Gasteiger partial charge in [0.1, 0.15) is 0 Å². The number of hydrogen-bond donors (Lipinski definition) is 0. The van der Waals surface area contributed by atoms with E-state index in [0.29, 0.717) is 0 Å². The van der Waals surface area contributed by atoms with E-state index in [0.717, 1.165) is 30.4 Å². The van der Waals surface area contributed by atoms with Crippen LogP contribution in [0.1, 0.15) is 45.1 Å². The first kappa shape index (κ1) is 13.9. The van der Waals surface area contributed by atoms with Gasteiger partial charge in [-0.15, -0.1) is 11.3 Å². The molecule has 0 saturated heterocycles. The standard InChI is InChI=1S/C16H15NO3S/c1-10-5-6-14(17(19)20)13(9-10)16(18)12-3-2-4-15-11(12)7-8-21-15/h5-9,12H,2-4H2,1H3. The molecule has 0 amide bonds. The van der Waals surface area contributed by atoms with E-state index in [4.69, 9.17) is 0 Å². The van der Waals surface area contributed by atoms with Crippen LogP contribution >= 0.6 is 11.3 Å². The molecular formula is C16H15NO3S. The minimum absolute atomic E-state index is 0.0899. The number of ketones is 1. The van der Waals surface area contributed by atoms with Crippen molar-refractivity contribution in [3.8, 4) is 0 Å². The van der Waals surface area contributed by atoms with Gasteiger partial charge in [-0.3, -0.25) is 14.9 Å². The van der Waals surface area contributed by atoms with Crippen LogP contribution in [-0.2, 0) is 6.42 Å². The maximum atomic E-state index is 12.8. The minimum atomic E-state index is -0.468. The molecule has 0 aliphatic heterocycles. The van der Waals surface area contributed by atoms with Gasteiger partial charge in [0.25, 0.3) is 5.69 Å². The summed E-state index contributed by atoms with van der Waals surface area (Å²) in [6.45, 7) is 1.84. The molecule has 0 spiro atoms. The minimum Gasteiger partial charge on any atom is -0.293 e. The number of nitrogens with zero attached hydrogens (tertiary/aromatic N) is 1. The summed E-state index contributed by atoms with van der Waals surface area (Å²) in [7, 11) is 0. The Balaban J connectivity index is 2.05. The van der Waals surface area contributed by atoms with Gasteiger partial charge in [0.15, 0.2) is 5.78 Å². The van der Waals surface area contributed by atoms with Crippen molar-refractivity contribution in [1.29, 1.82) is 0 Å². The van der Waals surface area contributed by atoms with E-state index in [-0.39, 0.29) is 23.0 Å². The van der Waals surface area contributed by atoms with Crippen LogP contribution in [0.3, 0.4) is 0 Å². The first-order chi connectivity index (χ1) is 10.1. The Kier molecular flexibility index (Phi) is 3.59. The molecule has 3 rings (SSSR count). The van der Waals surface area contributed by atoms with Crippen LogP contribution in [0.5, 0.6) is 0 Å². The smallest absolute Gasteiger partial charge is 0.280 e. The lowest BCUT2D eigenvalue weighted by Crippen LogP contribution is -2.18. The first-order valence-corrected chi connectivity index (χ1v) is 7.81. The highest BCUT2D eigenvalue weighted by molar-refractivity contribution is 7.10. The largest absolute Gasteiger partial charge is 0.293 e. The fourth-order valence-corrected chi connectivity index (χ4v) is 3.94. The SMILES string of the molecule is Cc1ccc([N+](=O)[O-])c(C(=O)C2CCCc3sccc32)c1. The number of rotatable bonds is 3. The average Bonchev–Trinajstić information content (AvgIpc) is 2.94. The average molecular weight is 301 g/mol. The molecule has 0 fully saturated rings. The predicted octanol–water partition coefficient (Wildman–Crippen LogP) is 4.27. The summed E-state index contributed by atoms with van der Waals surface area (Å²) in [5, 5.41) is 13.2. The quantitative estimate of drug-likeness (QED) is 0.483. The predicted molar refractivity (Wildman–Crippen MR) is 82.2 cm³/mol. The van der Waals surface area contributed by atoms with Crippen LogP contribution in [0.2, 0.25) is 0 Å². The van der Waals surface area contributed by atoms with Gasteiger partial charge in [-0.05, 0) is 54.8 Å². The highest BCUT2D eigenvalue weighted by atomic mass is 32.1. The number of Topliss-reactive ketones (excluding diaryl/α,β-unsaturated/α-hetero) is 1. The summed E-state index contributed by atoms with van der Waals surface area (Å²) in [4.78, 5) is 24.8. The number of fused-ring (bicyclic) bond motifs is 1. The van der Waals surface area contributed by atoms with Gasteiger partial charge >= 0.3 is 0 Å². The summed E-state index contributed by atoms with van der Waals surface area (Å²) in [6, 6.07) is 6.73. The van der Waals surface area contributed by atoms with Crippen molar-refractivity contribution in [2.75, 3.05) is 0 Å². The van der Waals surface area contributed by atoms with E-state index >= 15 is 0 Å². The van der Waals surface area contributed by atoms with Crippen molar-refractivity contribution in [3.05, 3.63) is 61.3 Å². The van der Waals surface area contributed by atoms with Crippen molar-refractivity contribution < 1.29 is 9.72 Å². The summed E-state index contributed by atoms with van der Waals surface area (Å²) in [5.74, 6) is -0.356. The van der Waals surface area contributed by atoms with Crippen LogP contribution < -0.4 is 0 Å². The molecule has 0 N–H and O–H groups in total. The molecular weight excluding hydrogens is 286 g/mol. The van der Waals surface area contributed by atoms with Crippen LogP contribution in [0.4, 0.5) is 5.69 Å². The third-order valence-corrected chi connectivity index (χ3v) is 4.98. The van der Waals surface area contributed by atoms with Crippen LogP contribution in [-0.4, -0.2) is 10.7 Å². The lowest BCUT2D eigenvalue weighted by Gasteiger charge is -2.21. The zero-order valence-electron chi connectivity index (χ0n) is 11.7. The molecule has 0 radical (unpaired) electrons. The molecule has 1 heterocycles. The summed E-state index contributed by atoms with van der Waals surface area (Å²) < 4.78 is 0. The number of carbonyl (C=O) groups excluding carboxylic acids is 1. The number of benzene rings is 1. The zero-order valence-corrected chi connectivity index (χ0v) is 12.5. The Morgan fingerprint density at radius 3 is 2.95 bits per heavy atom. The molecule has 0 saturated carbocycles. The fraction of sp³-hybridized carbons (Fsp3) is 0.312. The maximum Gasteiger partial charge on any atom is 0.280 e. The Bertz CT molecular complexity index is 720. The van der Waals surface area contributed by atoms with Gasteiger partial charge in [0.05, 0.1) is 10.5 Å². The van der Waals surface area contributed by atoms with E-state index < -0.39 is 4.92 Å². The van der Waals surface area contributed by atoms with Crippen LogP contribution in [0.25, 0.3) is 0 Å². The third kappa shape index (κ3) is 2.49. The van der Waals surface area contributed by atoms with Gasteiger partial charge in [-0.1, -0.05) is 6.07 Å².